The van der Waals surface area contributed by atoms with E-state index in [2.05, 4.69) is 5.10 Å². The Labute approximate surface area is 93.1 Å². The third-order valence-electron chi connectivity index (χ3n) is 2.37. The van der Waals surface area contributed by atoms with Crippen molar-refractivity contribution in [1.82, 2.24) is 9.78 Å². The molecule has 1 heterocycles. The molecule has 0 fully saturated rings. The molecule has 0 atom stereocenters. The zero-order valence-electron chi connectivity index (χ0n) is 9.10. The lowest BCUT2D eigenvalue weighted by Crippen LogP contribution is -2.06. The summed E-state index contributed by atoms with van der Waals surface area (Å²) < 4.78 is 1.26. The van der Waals surface area contributed by atoms with E-state index >= 15 is 0 Å². The molecule has 0 amide bonds. The highest BCUT2D eigenvalue weighted by Gasteiger charge is 2.12. The topological polar surface area (TPSA) is 58.0 Å². The maximum absolute atomic E-state index is 11.9. The highest BCUT2D eigenvalue weighted by atomic mass is 16.3. The molecule has 1 aromatic heterocycles. The number of ketones is 1. The molecule has 0 radical (unpaired) electrons. The number of carbonyl (C=O) groups excluding carboxylic acids is 1. The fourth-order valence-corrected chi connectivity index (χ4v) is 1.66. The Hall–Kier alpha value is -2.10. The van der Waals surface area contributed by atoms with Gasteiger partial charge in [-0.25, -0.2) is 4.68 Å². The van der Waals surface area contributed by atoms with Crippen molar-refractivity contribution in [3.63, 3.8) is 0 Å². The van der Waals surface area contributed by atoms with Gasteiger partial charge < -0.3 is 5.11 Å². The first-order chi connectivity index (χ1) is 7.61. The van der Waals surface area contributed by atoms with Crippen LogP contribution in [0.15, 0.2) is 30.3 Å². The number of benzene rings is 1. The molecule has 16 heavy (non-hydrogen) atoms. The second-order valence-corrected chi connectivity index (χ2v) is 3.57. The molecular weight excluding hydrogens is 204 g/mol. The lowest BCUT2D eigenvalue weighted by molar-refractivity contribution is -0.278. The van der Waals surface area contributed by atoms with Crippen LogP contribution in [0, 0.1) is 6.92 Å². The van der Waals surface area contributed by atoms with E-state index in [0.717, 1.165) is 0 Å². The van der Waals surface area contributed by atoms with Crippen molar-refractivity contribution in [1.29, 1.82) is 0 Å². The molecule has 0 aliphatic rings. The number of hydrogen-bond acceptors (Lipinski definition) is 3. The summed E-state index contributed by atoms with van der Waals surface area (Å²) in [5.74, 6) is -0.596. The van der Waals surface area contributed by atoms with Gasteiger partial charge in [-0.15, -0.1) is 0 Å². The van der Waals surface area contributed by atoms with Gasteiger partial charge in [-0.3, -0.25) is 4.79 Å². The van der Waals surface area contributed by atoms with Gasteiger partial charge in [0.15, 0.2) is 5.78 Å². The van der Waals surface area contributed by atoms with Crippen LogP contribution in [0.5, 0.6) is 5.88 Å². The standard InChI is InChI=1S/C12H12N2O2/c1-8-11(9(2)15)12(16)14(13-8)10-6-4-3-5-7-10/h3-7,16H,1-2H3/p-1. The minimum Gasteiger partial charge on any atom is -0.858 e. The van der Waals surface area contributed by atoms with Gasteiger partial charge in [-0.2, -0.15) is 5.10 Å². The van der Waals surface area contributed by atoms with Gasteiger partial charge in [-0.05, 0) is 26.0 Å². The van der Waals surface area contributed by atoms with Gasteiger partial charge in [0.1, 0.15) is 0 Å². The first-order valence-electron chi connectivity index (χ1n) is 4.94. The highest BCUT2D eigenvalue weighted by Crippen LogP contribution is 2.22. The fourth-order valence-electron chi connectivity index (χ4n) is 1.66. The zero-order chi connectivity index (χ0) is 11.7. The molecule has 1 aromatic carbocycles. The summed E-state index contributed by atoms with van der Waals surface area (Å²) in [6.45, 7) is 3.04. The predicted molar refractivity (Wildman–Crippen MR) is 57.8 cm³/mol. The van der Waals surface area contributed by atoms with Crippen molar-refractivity contribution in [2.24, 2.45) is 0 Å². The van der Waals surface area contributed by atoms with Crippen molar-refractivity contribution in [3.05, 3.63) is 41.6 Å². The Bertz CT molecular complexity index is 529. The SMILES string of the molecule is CC(=O)c1c(C)nn(-c2ccccc2)c1[O-]. The lowest BCUT2D eigenvalue weighted by atomic mass is 10.2. The van der Waals surface area contributed by atoms with E-state index in [-0.39, 0.29) is 17.2 Å². The van der Waals surface area contributed by atoms with Gasteiger partial charge in [-0.1, -0.05) is 18.2 Å². The van der Waals surface area contributed by atoms with Crippen LogP contribution in [0.2, 0.25) is 0 Å². The van der Waals surface area contributed by atoms with Crippen LogP contribution in [0.4, 0.5) is 0 Å². The number of hydrogen-bond donors (Lipinski definition) is 0. The van der Waals surface area contributed by atoms with Gasteiger partial charge in [0, 0.05) is 5.88 Å². The monoisotopic (exact) mass is 215 g/mol. The minimum atomic E-state index is -0.351. The number of carbonyl (C=O) groups is 1. The summed E-state index contributed by atoms with van der Waals surface area (Å²) >= 11 is 0. The summed E-state index contributed by atoms with van der Waals surface area (Å²) in [6.07, 6.45) is 0. The molecule has 0 aliphatic heterocycles. The van der Waals surface area contributed by atoms with E-state index in [0.29, 0.717) is 11.4 Å². The van der Waals surface area contributed by atoms with Crippen LogP contribution in [-0.2, 0) is 0 Å². The molecule has 0 N–H and O–H groups in total. The number of nitrogens with zero attached hydrogens (tertiary/aromatic N) is 2. The van der Waals surface area contributed by atoms with E-state index in [1.807, 2.05) is 18.2 Å². The van der Waals surface area contributed by atoms with E-state index in [1.165, 1.54) is 11.6 Å². The third-order valence-corrected chi connectivity index (χ3v) is 2.37. The first kappa shape index (κ1) is 10.4. The largest absolute Gasteiger partial charge is 0.858 e. The van der Waals surface area contributed by atoms with Gasteiger partial charge in [0.25, 0.3) is 0 Å². The van der Waals surface area contributed by atoms with Crippen molar-refractivity contribution in [2.75, 3.05) is 0 Å². The molecule has 4 heteroatoms. The molecule has 0 saturated heterocycles. The maximum Gasteiger partial charge on any atom is 0.162 e. The smallest absolute Gasteiger partial charge is 0.162 e. The zero-order valence-corrected chi connectivity index (χ0v) is 9.10. The summed E-state index contributed by atoms with van der Waals surface area (Å²) in [5, 5.41) is 16.0. The number of para-hydroxylation sites is 1. The number of Topliss-reactive ketones (excluding diaryl/α,β-unsaturated/α-hetero) is 1. The fraction of sp³-hybridized carbons (Fsp3) is 0.167. The van der Waals surface area contributed by atoms with Crippen LogP contribution in [-0.4, -0.2) is 15.6 Å². The molecule has 2 aromatic rings. The van der Waals surface area contributed by atoms with Crippen LogP contribution in [0.3, 0.4) is 0 Å². The van der Waals surface area contributed by atoms with E-state index in [4.69, 9.17) is 0 Å². The third kappa shape index (κ3) is 1.58. The second-order valence-electron chi connectivity index (χ2n) is 3.57. The Morgan fingerprint density at radius 2 is 1.94 bits per heavy atom. The Kier molecular flexibility index (Phi) is 2.48. The highest BCUT2D eigenvalue weighted by molar-refractivity contribution is 5.97. The van der Waals surface area contributed by atoms with Crippen LogP contribution < -0.4 is 5.11 Å². The summed E-state index contributed by atoms with van der Waals surface area (Å²) in [4.78, 5) is 11.3. The molecule has 82 valence electrons. The van der Waals surface area contributed by atoms with Gasteiger partial charge >= 0.3 is 0 Å². The molecule has 4 nitrogen and oxygen atoms in total. The van der Waals surface area contributed by atoms with E-state index in [9.17, 15) is 9.90 Å². The lowest BCUT2D eigenvalue weighted by Gasteiger charge is -2.11. The second kappa shape index (κ2) is 3.81. The summed E-state index contributed by atoms with van der Waals surface area (Å²) in [5.41, 5.74) is 1.31. The van der Waals surface area contributed by atoms with Crippen LogP contribution >= 0.6 is 0 Å². The quantitative estimate of drug-likeness (QED) is 0.712. The molecule has 2 rings (SSSR count). The summed E-state index contributed by atoms with van der Waals surface area (Å²) in [6, 6.07) is 9.05. The first-order valence-corrected chi connectivity index (χ1v) is 4.94. The normalized spacial score (nSPS) is 10.4. The average Bonchev–Trinajstić information content (AvgIpc) is 2.55. The van der Waals surface area contributed by atoms with Crippen LogP contribution in [0.1, 0.15) is 23.0 Å². The molecule has 0 aliphatic carbocycles. The number of aryl methyl sites for hydroxylation is 1. The number of aromatic nitrogens is 2. The Morgan fingerprint density at radius 3 is 2.44 bits per heavy atom. The van der Waals surface area contributed by atoms with E-state index in [1.54, 1.807) is 19.1 Å². The predicted octanol–water partition coefficient (Wildman–Crippen LogP) is 1.46. The maximum atomic E-state index is 11.9. The molecule has 0 bridgehead atoms. The van der Waals surface area contributed by atoms with E-state index < -0.39 is 0 Å². The van der Waals surface area contributed by atoms with Gasteiger partial charge in [0.2, 0.25) is 0 Å². The average molecular weight is 215 g/mol. The minimum absolute atomic E-state index is 0.170. The Morgan fingerprint density at radius 1 is 1.31 bits per heavy atom. The van der Waals surface area contributed by atoms with Crippen molar-refractivity contribution in [2.45, 2.75) is 13.8 Å². The van der Waals surface area contributed by atoms with Crippen molar-refractivity contribution < 1.29 is 9.90 Å². The van der Waals surface area contributed by atoms with Crippen molar-refractivity contribution in [3.8, 4) is 11.6 Å². The summed E-state index contributed by atoms with van der Waals surface area (Å²) in [7, 11) is 0. The van der Waals surface area contributed by atoms with Crippen molar-refractivity contribution >= 4 is 5.78 Å². The van der Waals surface area contributed by atoms with Gasteiger partial charge in [0.05, 0.1) is 16.9 Å². The van der Waals surface area contributed by atoms with Crippen LogP contribution in [0.25, 0.3) is 5.69 Å². The molecular formula is C12H11N2O2-. The number of rotatable bonds is 2. The molecule has 0 spiro atoms. The molecule has 0 saturated carbocycles. The molecule has 0 unspecified atom stereocenters. The Balaban J connectivity index is 2.61.